The molecule has 1 fully saturated rings. The lowest BCUT2D eigenvalue weighted by Gasteiger charge is -2.33. The SMILES string of the molecule is COc1ccc(N2C(=O)S[C@](c3ccccc3)([C@H](C[N+](=O)[O-])c3ccccc3Cl)C2=O)cc1. The second kappa shape index (κ2) is 9.25. The van der Waals surface area contributed by atoms with Crippen LogP contribution in [0.5, 0.6) is 5.75 Å². The van der Waals surface area contributed by atoms with E-state index < -0.39 is 33.3 Å². The van der Waals surface area contributed by atoms with Crippen LogP contribution in [0.2, 0.25) is 5.02 Å². The molecule has 0 bridgehead atoms. The maximum absolute atomic E-state index is 14.1. The summed E-state index contributed by atoms with van der Waals surface area (Å²) in [4.78, 5) is 39.7. The van der Waals surface area contributed by atoms with E-state index in [4.69, 9.17) is 16.3 Å². The molecule has 1 aliphatic heterocycles. The number of anilines is 1. The molecule has 4 rings (SSSR count). The molecule has 0 spiro atoms. The normalized spacial score (nSPS) is 18.9. The first-order valence-electron chi connectivity index (χ1n) is 10.0. The molecule has 168 valence electrons. The number of carbonyl (C=O) groups is 2. The number of nitrogens with zero attached hydrogens (tertiary/aromatic N) is 2. The van der Waals surface area contributed by atoms with Gasteiger partial charge in [-0.3, -0.25) is 19.7 Å². The largest absolute Gasteiger partial charge is 0.497 e. The predicted octanol–water partition coefficient (Wildman–Crippen LogP) is 5.50. The first-order chi connectivity index (χ1) is 15.9. The van der Waals surface area contributed by atoms with Crippen LogP contribution < -0.4 is 9.64 Å². The van der Waals surface area contributed by atoms with Crippen molar-refractivity contribution in [1.82, 2.24) is 0 Å². The predicted molar refractivity (Wildman–Crippen MR) is 128 cm³/mol. The van der Waals surface area contributed by atoms with E-state index in [0.717, 1.165) is 16.7 Å². The molecular formula is C24H19ClN2O5S. The van der Waals surface area contributed by atoms with Gasteiger partial charge in [0.1, 0.15) is 10.5 Å². The molecule has 3 aromatic rings. The maximum Gasteiger partial charge on any atom is 0.294 e. The fraction of sp³-hybridized carbons (Fsp3) is 0.167. The first-order valence-corrected chi connectivity index (χ1v) is 11.2. The first kappa shape index (κ1) is 22.8. The van der Waals surface area contributed by atoms with Crippen molar-refractivity contribution in [2.24, 2.45) is 0 Å². The summed E-state index contributed by atoms with van der Waals surface area (Å²) in [6.45, 7) is -0.582. The fourth-order valence-electron chi connectivity index (χ4n) is 4.07. The Morgan fingerprint density at radius 2 is 1.67 bits per heavy atom. The van der Waals surface area contributed by atoms with Gasteiger partial charge in [-0.2, -0.15) is 0 Å². The summed E-state index contributed by atoms with van der Waals surface area (Å²) in [6.07, 6.45) is 0. The van der Waals surface area contributed by atoms with Gasteiger partial charge < -0.3 is 4.74 Å². The van der Waals surface area contributed by atoms with E-state index in [0.29, 0.717) is 27.6 Å². The van der Waals surface area contributed by atoms with Gasteiger partial charge in [0.2, 0.25) is 6.54 Å². The molecule has 2 atom stereocenters. The minimum Gasteiger partial charge on any atom is -0.497 e. The highest BCUT2D eigenvalue weighted by Crippen LogP contribution is 2.56. The topological polar surface area (TPSA) is 89.8 Å². The van der Waals surface area contributed by atoms with Gasteiger partial charge in [-0.25, -0.2) is 4.90 Å². The number of amides is 2. The Balaban J connectivity index is 1.92. The quantitative estimate of drug-likeness (QED) is 0.326. The molecule has 0 aliphatic carbocycles. The van der Waals surface area contributed by atoms with Crippen LogP contribution in [0.15, 0.2) is 78.9 Å². The van der Waals surface area contributed by atoms with Crippen LogP contribution in [-0.2, 0) is 9.54 Å². The van der Waals surface area contributed by atoms with Gasteiger partial charge in [-0.1, -0.05) is 60.1 Å². The number of thioether (sulfide) groups is 1. The summed E-state index contributed by atoms with van der Waals surface area (Å²) >= 11 is 7.23. The number of rotatable bonds is 7. The molecule has 33 heavy (non-hydrogen) atoms. The van der Waals surface area contributed by atoms with Crippen molar-refractivity contribution in [3.05, 3.63) is 105 Å². The number of nitro groups is 1. The van der Waals surface area contributed by atoms with Gasteiger partial charge >= 0.3 is 0 Å². The standard InChI is InChI=1S/C24H19ClN2O5S/c1-32-18-13-11-17(12-14-18)27-22(28)24(33-23(27)29,16-7-3-2-4-8-16)20(15-26(30)31)19-9-5-6-10-21(19)25/h2-14,20H,15H2,1H3/t20-,24-/m1/s1. The van der Waals surface area contributed by atoms with Crippen molar-refractivity contribution in [1.29, 1.82) is 0 Å². The van der Waals surface area contributed by atoms with Crippen molar-refractivity contribution < 1.29 is 19.2 Å². The van der Waals surface area contributed by atoms with Crippen molar-refractivity contribution in [3.8, 4) is 5.75 Å². The third-order valence-corrected chi connectivity index (χ3v) is 7.31. The van der Waals surface area contributed by atoms with E-state index >= 15 is 0 Å². The van der Waals surface area contributed by atoms with E-state index in [-0.39, 0.29) is 0 Å². The van der Waals surface area contributed by atoms with E-state index in [1.165, 1.54) is 7.11 Å². The molecule has 7 nitrogen and oxygen atoms in total. The maximum atomic E-state index is 14.1. The van der Waals surface area contributed by atoms with Crippen molar-refractivity contribution >= 4 is 40.2 Å². The highest BCUT2D eigenvalue weighted by Gasteiger charge is 2.60. The highest BCUT2D eigenvalue weighted by atomic mass is 35.5. The Bertz CT molecular complexity index is 1200. The Kier molecular flexibility index (Phi) is 6.40. The molecule has 1 saturated heterocycles. The third-order valence-electron chi connectivity index (χ3n) is 5.59. The molecule has 2 amide bonds. The van der Waals surface area contributed by atoms with Gasteiger partial charge in [0, 0.05) is 9.95 Å². The molecule has 0 radical (unpaired) electrons. The molecule has 1 heterocycles. The lowest BCUT2D eigenvalue weighted by molar-refractivity contribution is -0.484. The minimum atomic E-state index is -1.57. The summed E-state index contributed by atoms with van der Waals surface area (Å²) in [5.41, 5.74) is 1.29. The Morgan fingerprint density at radius 3 is 2.27 bits per heavy atom. The smallest absolute Gasteiger partial charge is 0.294 e. The Morgan fingerprint density at radius 1 is 1.03 bits per heavy atom. The van der Waals surface area contributed by atoms with Gasteiger partial charge in [-0.15, -0.1) is 0 Å². The number of methoxy groups -OCH3 is 1. The summed E-state index contributed by atoms with van der Waals surface area (Å²) in [6, 6.07) is 21.9. The summed E-state index contributed by atoms with van der Waals surface area (Å²) in [5, 5.41) is 11.5. The summed E-state index contributed by atoms with van der Waals surface area (Å²) in [5.74, 6) is -0.976. The second-order valence-electron chi connectivity index (χ2n) is 7.40. The molecule has 3 aromatic carbocycles. The summed E-state index contributed by atoms with van der Waals surface area (Å²) < 4.78 is 3.59. The molecule has 0 N–H and O–H groups in total. The third kappa shape index (κ3) is 4.07. The van der Waals surface area contributed by atoms with E-state index in [9.17, 15) is 19.7 Å². The van der Waals surface area contributed by atoms with Crippen LogP contribution in [-0.4, -0.2) is 29.7 Å². The van der Waals surface area contributed by atoms with Crippen molar-refractivity contribution in [3.63, 3.8) is 0 Å². The van der Waals surface area contributed by atoms with Crippen LogP contribution in [0, 0.1) is 10.1 Å². The number of imide groups is 1. The number of halogens is 1. The zero-order valence-electron chi connectivity index (χ0n) is 17.5. The molecular weight excluding hydrogens is 464 g/mol. The molecule has 1 aliphatic rings. The van der Waals surface area contributed by atoms with Gasteiger partial charge in [0.15, 0.2) is 0 Å². The molecule has 0 saturated carbocycles. The van der Waals surface area contributed by atoms with Crippen molar-refractivity contribution in [2.75, 3.05) is 18.6 Å². The number of ether oxygens (including phenoxy) is 1. The van der Waals surface area contributed by atoms with Crippen LogP contribution in [0.3, 0.4) is 0 Å². The number of benzene rings is 3. The van der Waals surface area contributed by atoms with Crippen LogP contribution in [0.4, 0.5) is 10.5 Å². The highest BCUT2D eigenvalue weighted by molar-refractivity contribution is 8.16. The monoisotopic (exact) mass is 482 g/mol. The van der Waals surface area contributed by atoms with Crippen LogP contribution in [0.25, 0.3) is 0 Å². The average molecular weight is 483 g/mol. The van der Waals surface area contributed by atoms with E-state index in [2.05, 4.69) is 0 Å². The molecule has 9 heteroatoms. The van der Waals surface area contributed by atoms with Crippen LogP contribution >= 0.6 is 23.4 Å². The zero-order valence-corrected chi connectivity index (χ0v) is 19.1. The molecule has 0 aromatic heterocycles. The fourth-order valence-corrected chi connectivity index (χ4v) is 5.67. The van der Waals surface area contributed by atoms with Gasteiger partial charge in [0.25, 0.3) is 11.1 Å². The number of carbonyl (C=O) groups excluding carboxylic acids is 2. The van der Waals surface area contributed by atoms with Gasteiger partial charge in [-0.05, 0) is 53.2 Å². The van der Waals surface area contributed by atoms with E-state index in [1.54, 1.807) is 78.9 Å². The Hall–Kier alpha value is -3.36. The van der Waals surface area contributed by atoms with Crippen LogP contribution in [0.1, 0.15) is 17.0 Å². The lowest BCUT2D eigenvalue weighted by atomic mass is 9.79. The summed E-state index contributed by atoms with van der Waals surface area (Å²) in [7, 11) is 1.52. The Labute approximate surface area is 199 Å². The second-order valence-corrected chi connectivity index (χ2v) is 9.00. The van der Waals surface area contributed by atoms with E-state index in [1.807, 2.05) is 0 Å². The molecule has 0 unspecified atom stereocenters. The minimum absolute atomic E-state index is 0.295. The van der Waals surface area contributed by atoms with Crippen molar-refractivity contribution in [2.45, 2.75) is 10.7 Å². The average Bonchev–Trinajstić information content (AvgIpc) is 3.09. The zero-order chi connectivity index (χ0) is 23.6. The number of hydrogen-bond donors (Lipinski definition) is 0. The number of hydrogen-bond acceptors (Lipinski definition) is 6. The lowest BCUT2D eigenvalue weighted by Crippen LogP contribution is -2.44. The van der Waals surface area contributed by atoms with Gasteiger partial charge in [0.05, 0.1) is 18.7 Å².